The first-order valence-corrected chi connectivity index (χ1v) is 6.39. The van der Waals surface area contributed by atoms with E-state index in [0.29, 0.717) is 6.54 Å². The molecule has 0 saturated carbocycles. The average molecular weight is 226 g/mol. The van der Waals surface area contributed by atoms with E-state index in [2.05, 4.69) is 5.32 Å². The minimum absolute atomic E-state index is 0.260. The van der Waals surface area contributed by atoms with Crippen LogP contribution < -0.4 is 10.5 Å². The van der Waals surface area contributed by atoms with Gasteiger partial charge in [0, 0.05) is 6.54 Å². The second-order valence-corrected chi connectivity index (χ2v) is 5.34. The Morgan fingerprint density at radius 1 is 1.33 bits per heavy atom. The van der Waals surface area contributed by atoms with Crippen LogP contribution >= 0.6 is 0 Å². The second-order valence-electron chi connectivity index (χ2n) is 3.81. The quantitative estimate of drug-likeness (QED) is 0.723. The molecule has 1 aromatic carbocycles. The van der Waals surface area contributed by atoms with Crippen LogP contribution in [0.4, 0.5) is 0 Å². The molecule has 0 aliphatic carbocycles. The predicted molar refractivity (Wildman–Crippen MR) is 58.0 cm³/mol. The minimum atomic E-state index is -3.60. The van der Waals surface area contributed by atoms with E-state index in [9.17, 15) is 8.42 Å². The van der Waals surface area contributed by atoms with Crippen molar-refractivity contribution in [2.24, 2.45) is 5.14 Å². The van der Waals surface area contributed by atoms with Crippen molar-refractivity contribution in [3.05, 3.63) is 28.8 Å². The normalized spacial score (nSPS) is 16.1. The van der Waals surface area contributed by atoms with Gasteiger partial charge >= 0.3 is 0 Å². The number of hydrogen-bond donors (Lipinski definition) is 2. The molecular formula is C10H14N2O2S. The lowest BCUT2D eigenvalue weighted by molar-refractivity contribution is 0.588. The van der Waals surface area contributed by atoms with E-state index >= 15 is 0 Å². The first-order valence-electron chi connectivity index (χ1n) is 4.85. The van der Waals surface area contributed by atoms with Crippen molar-refractivity contribution in [2.75, 3.05) is 6.54 Å². The molecule has 0 amide bonds. The number of sulfonamides is 1. The summed E-state index contributed by atoms with van der Waals surface area (Å²) in [5.74, 6) is 0. The third kappa shape index (κ3) is 1.90. The molecule has 0 unspecified atom stereocenters. The van der Waals surface area contributed by atoms with Crippen molar-refractivity contribution in [3.8, 4) is 0 Å². The Kier molecular flexibility index (Phi) is 2.54. The molecule has 3 N–H and O–H groups in total. The van der Waals surface area contributed by atoms with Crippen molar-refractivity contribution in [1.82, 2.24) is 5.32 Å². The third-order valence-electron chi connectivity index (χ3n) is 2.78. The molecule has 1 aromatic rings. The SMILES string of the molecule is Cc1ccc(S(N)(=O)=O)c2c1CCNC2. The molecule has 1 heterocycles. The highest BCUT2D eigenvalue weighted by Gasteiger charge is 2.20. The summed E-state index contributed by atoms with van der Waals surface area (Å²) in [5.41, 5.74) is 3.10. The zero-order chi connectivity index (χ0) is 11.1. The fourth-order valence-corrected chi connectivity index (χ4v) is 2.82. The zero-order valence-corrected chi connectivity index (χ0v) is 9.39. The van der Waals surface area contributed by atoms with Gasteiger partial charge in [0.15, 0.2) is 0 Å². The van der Waals surface area contributed by atoms with Crippen LogP contribution in [0.3, 0.4) is 0 Å². The molecule has 0 bridgehead atoms. The van der Waals surface area contributed by atoms with Gasteiger partial charge in [0.2, 0.25) is 10.0 Å². The molecule has 5 heteroatoms. The molecule has 0 atom stereocenters. The van der Waals surface area contributed by atoms with Crippen LogP contribution in [0.25, 0.3) is 0 Å². The molecule has 1 aliphatic rings. The number of nitrogens with one attached hydrogen (secondary N) is 1. The fourth-order valence-electron chi connectivity index (χ4n) is 2.02. The summed E-state index contributed by atoms with van der Waals surface area (Å²) in [6.45, 7) is 3.47. The van der Waals surface area contributed by atoms with Crippen LogP contribution in [-0.2, 0) is 23.0 Å². The van der Waals surface area contributed by atoms with Gasteiger partial charge in [-0.05, 0) is 42.6 Å². The molecule has 0 aromatic heterocycles. The summed E-state index contributed by atoms with van der Waals surface area (Å²) in [7, 11) is -3.60. The van der Waals surface area contributed by atoms with Crippen molar-refractivity contribution < 1.29 is 8.42 Å². The van der Waals surface area contributed by atoms with Gasteiger partial charge in [-0.2, -0.15) is 0 Å². The molecular weight excluding hydrogens is 212 g/mol. The maximum atomic E-state index is 11.4. The molecule has 0 saturated heterocycles. The van der Waals surface area contributed by atoms with E-state index in [-0.39, 0.29) is 4.90 Å². The molecule has 82 valence electrons. The van der Waals surface area contributed by atoms with Crippen LogP contribution in [0.5, 0.6) is 0 Å². The lowest BCUT2D eigenvalue weighted by Crippen LogP contribution is -2.27. The lowest BCUT2D eigenvalue weighted by atomic mass is 9.96. The van der Waals surface area contributed by atoms with Gasteiger partial charge < -0.3 is 5.32 Å². The molecule has 15 heavy (non-hydrogen) atoms. The van der Waals surface area contributed by atoms with E-state index in [1.54, 1.807) is 6.07 Å². The predicted octanol–water partition coefficient (Wildman–Crippen LogP) is 0.288. The van der Waals surface area contributed by atoms with E-state index in [1.165, 1.54) is 0 Å². The third-order valence-corrected chi connectivity index (χ3v) is 3.78. The Bertz CT molecular complexity index is 494. The number of aryl methyl sites for hydroxylation is 1. The number of benzene rings is 1. The maximum absolute atomic E-state index is 11.4. The molecule has 0 radical (unpaired) electrons. The topological polar surface area (TPSA) is 72.2 Å². The van der Waals surface area contributed by atoms with Crippen LogP contribution in [0.1, 0.15) is 16.7 Å². The van der Waals surface area contributed by atoms with E-state index in [1.807, 2.05) is 13.0 Å². The van der Waals surface area contributed by atoms with Crippen molar-refractivity contribution in [1.29, 1.82) is 0 Å². The van der Waals surface area contributed by atoms with Gasteiger partial charge in [-0.1, -0.05) is 6.07 Å². The van der Waals surface area contributed by atoms with Gasteiger partial charge in [-0.3, -0.25) is 0 Å². The molecule has 1 aliphatic heterocycles. The summed E-state index contributed by atoms with van der Waals surface area (Å²) in [4.78, 5) is 0.260. The van der Waals surface area contributed by atoms with Crippen LogP contribution in [0.15, 0.2) is 17.0 Å². The van der Waals surface area contributed by atoms with E-state index in [4.69, 9.17) is 5.14 Å². The van der Waals surface area contributed by atoms with E-state index < -0.39 is 10.0 Å². The Labute approximate surface area is 89.5 Å². The minimum Gasteiger partial charge on any atom is -0.312 e. The first-order chi connectivity index (χ1) is 7.00. The van der Waals surface area contributed by atoms with Gasteiger partial charge in [-0.15, -0.1) is 0 Å². The monoisotopic (exact) mass is 226 g/mol. The standard InChI is InChI=1S/C10H14N2O2S/c1-7-2-3-10(15(11,13)14)9-6-12-5-4-8(7)9/h2-3,12H,4-6H2,1H3,(H2,11,13,14). The zero-order valence-electron chi connectivity index (χ0n) is 8.58. The number of fused-ring (bicyclic) bond motifs is 1. The van der Waals surface area contributed by atoms with Crippen LogP contribution in [-0.4, -0.2) is 15.0 Å². The number of rotatable bonds is 1. The van der Waals surface area contributed by atoms with Crippen LogP contribution in [0.2, 0.25) is 0 Å². The highest BCUT2D eigenvalue weighted by molar-refractivity contribution is 7.89. The van der Waals surface area contributed by atoms with Gasteiger partial charge in [0.1, 0.15) is 0 Å². The Morgan fingerprint density at radius 3 is 2.73 bits per heavy atom. The van der Waals surface area contributed by atoms with Crippen molar-refractivity contribution in [2.45, 2.75) is 24.8 Å². The Morgan fingerprint density at radius 2 is 2.07 bits per heavy atom. The molecule has 4 nitrogen and oxygen atoms in total. The summed E-state index contributed by atoms with van der Waals surface area (Å²) >= 11 is 0. The van der Waals surface area contributed by atoms with Crippen LogP contribution in [0, 0.1) is 6.92 Å². The highest BCUT2D eigenvalue weighted by Crippen LogP contribution is 2.24. The summed E-state index contributed by atoms with van der Waals surface area (Å²) < 4.78 is 22.7. The average Bonchev–Trinajstić information content (AvgIpc) is 2.17. The maximum Gasteiger partial charge on any atom is 0.238 e. The number of primary sulfonamides is 1. The highest BCUT2D eigenvalue weighted by atomic mass is 32.2. The smallest absolute Gasteiger partial charge is 0.238 e. The van der Waals surface area contributed by atoms with Crippen molar-refractivity contribution >= 4 is 10.0 Å². The molecule has 2 rings (SSSR count). The Hall–Kier alpha value is -0.910. The second kappa shape index (κ2) is 3.59. The van der Waals surface area contributed by atoms with Crippen molar-refractivity contribution in [3.63, 3.8) is 0 Å². The first kappa shape index (κ1) is 10.6. The van der Waals surface area contributed by atoms with E-state index in [0.717, 1.165) is 29.7 Å². The summed E-state index contributed by atoms with van der Waals surface area (Å²) in [6.07, 6.45) is 0.866. The van der Waals surface area contributed by atoms with Gasteiger partial charge in [0.25, 0.3) is 0 Å². The summed E-state index contributed by atoms with van der Waals surface area (Å²) in [5, 5.41) is 8.34. The number of nitrogens with two attached hydrogens (primary N) is 1. The summed E-state index contributed by atoms with van der Waals surface area (Å²) in [6, 6.07) is 3.42. The number of hydrogen-bond acceptors (Lipinski definition) is 3. The van der Waals surface area contributed by atoms with Gasteiger partial charge in [0.05, 0.1) is 4.90 Å². The molecule has 0 fully saturated rings. The largest absolute Gasteiger partial charge is 0.312 e. The van der Waals surface area contributed by atoms with Gasteiger partial charge in [-0.25, -0.2) is 13.6 Å². The fraction of sp³-hybridized carbons (Fsp3) is 0.400. The Balaban J connectivity index is 2.69. The molecule has 0 spiro atoms. The lowest BCUT2D eigenvalue weighted by Gasteiger charge is -2.21.